The summed E-state index contributed by atoms with van der Waals surface area (Å²) in [7, 11) is -1.09. The standard InChI is InChI=1S/C22H32O4S/c1-20(2)7-5-8-22(4)17(20)6-9-21(3)14-10-13(19(24)25)15(23)11-16(14)27(26)12-18(21)22/h10-11,14,16-18,23H,5-9,12H2,1-4H3,(H,24,25)/t14?,16?,17-,18-,21-,22-,27?/m0/s1. The third kappa shape index (κ3) is 2.60. The van der Waals surface area contributed by atoms with Gasteiger partial charge in [0.1, 0.15) is 5.76 Å². The first kappa shape index (κ1) is 19.2. The lowest BCUT2D eigenvalue weighted by atomic mass is 9.41. The van der Waals surface area contributed by atoms with Gasteiger partial charge in [-0.2, -0.15) is 0 Å². The molecule has 0 aromatic carbocycles. The first-order valence-electron chi connectivity index (χ1n) is 10.2. The highest BCUT2D eigenvalue weighted by molar-refractivity contribution is 7.85. The number of carboxylic acids is 1. The molecule has 1 aliphatic heterocycles. The zero-order valence-corrected chi connectivity index (χ0v) is 17.6. The molecule has 0 amide bonds. The van der Waals surface area contributed by atoms with Crippen molar-refractivity contribution in [3.05, 3.63) is 23.5 Å². The third-order valence-electron chi connectivity index (χ3n) is 8.76. The van der Waals surface area contributed by atoms with E-state index in [4.69, 9.17) is 0 Å². The Bertz CT molecular complexity index is 766. The Morgan fingerprint density at radius 2 is 1.78 bits per heavy atom. The van der Waals surface area contributed by atoms with Crippen LogP contribution in [0.1, 0.15) is 59.8 Å². The summed E-state index contributed by atoms with van der Waals surface area (Å²) < 4.78 is 13.2. The van der Waals surface area contributed by atoms with E-state index in [1.165, 1.54) is 19.3 Å². The monoisotopic (exact) mass is 392 g/mol. The van der Waals surface area contributed by atoms with Crippen LogP contribution in [-0.4, -0.2) is 31.4 Å². The molecule has 1 saturated heterocycles. The molecule has 27 heavy (non-hydrogen) atoms. The van der Waals surface area contributed by atoms with Gasteiger partial charge in [-0.1, -0.05) is 40.2 Å². The molecule has 4 rings (SSSR count). The van der Waals surface area contributed by atoms with E-state index < -0.39 is 16.8 Å². The maximum atomic E-state index is 13.2. The second-order valence-electron chi connectivity index (χ2n) is 10.5. The summed E-state index contributed by atoms with van der Waals surface area (Å²) >= 11 is 0. The van der Waals surface area contributed by atoms with Crippen molar-refractivity contribution in [2.75, 3.05) is 5.75 Å². The molecule has 0 bridgehead atoms. The maximum Gasteiger partial charge on any atom is 0.339 e. The van der Waals surface area contributed by atoms with Crippen LogP contribution in [0, 0.1) is 34.0 Å². The Kier molecular flexibility index (Phi) is 4.24. The molecule has 3 unspecified atom stereocenters. The normalized spacial score (nSPS) is 48.4. The van der Waals surface area contributed by atoms with Gasteiger partial charge < -0.3 is 10.2 Å². The fraction of sp³-hybridized carbons (Fsp3) is 0.773. The van der Waals surface area contributed by atoms with Gasteiger partial charge in [0, 0.05) is 22.5 Å². The maximum absolute atomic E-state index is 13.2. The fourth-order valence-electron chi connectivity index (χ4n) is 7.44. The van der Waals surface area contributed by atoms with Crippen LogP contribution in [0.15, 0.2) is 23.5 Å². The predicted octanol–water partition coefficient (Wildman–Crippen LogP) is 4.45. The molecular formula is C22H32O4S. The van der Waals surface area contributed by atoms with Crippen LogP contribution in [0.4, 0.5) is 0 Å². The number of rotatable bonds is 1. The Labute approximate surface area is 164 Å². The van der Waals surface area contributed by atoms with E-state index in [1.54, 1.807) is 12.2 Å². The highest BCUT2D eigenvalue weighted by atomic mass is 32.2. The minimum absolute atomic E-state index is 0.0219. The lowest BCUT2D eigenvalue weighted by Crippen LogP contribution is -2.62. The molecule has 3 aliphatic carbocycles. The molecule has 2 saturated carbocycles. The summed E-state index contributed by atoms with van der Waals surface area (Å²) in [6.07, 6.45) is 9.12. The van der Waals surface area contributed by atoms with Crippen LogP contribution in [0.3, 0.4) is 0 Å². The van der Waals surface area contributed by atoms with Crippen LogP contribution >= 0.6 is 0 Å². The minimum atomic E-state index is -1.10. The number of carboxylic acid groups (broad SMARTS) is 1. The largest absolute Gasteiger partial charge is 0.507 e. The van der Waals surface area contributed by atoms with Crippen molar-refractivity contribution < 1.29 is 19.2 Å². The first-order chi connectivity index (χ1) is 12.5. The Hall–Kier alpha value is -1.10. The van der Waals surface area contributed by atoms with Crippen molar-refractivity contribution >= 4 is 16.8 Å². The Morgan fingerprint density at radius 3 is 2.44 bits per heavy atom. The van der Waals surface area contributed by atoms with Crippen molar-refractivity contribution in [1.82, 2.24) is 0 Å². The van der Waals surface area contributed by atoms with Crippen LogP contribution in [0.2, 0.25) is 0 Å². The summed E-state index contributed by atoms with van der Waals surface area (Å²) in [5.41, 5.74) is 0.358. The van der Waals surface area contributed by atoms with Gasteiger partial charge in [0.05, 0.1) is 10.8 Å². The summed E-state index contributed by atoms with van der Waals surface area (Å²) in [5.74, 6) is 0.212. The van der Waals surface area contributed by atoms with Crippen molar-refractivity contribution in [3.8, 4) is 0 Å². The fourth-order valence-corrected chi connectivity index (χ4v) is 9.75. The molecule has 0 spiro atoms. The number of aliphatic carboxylic acids is 1. The van der Waals surface area contributed by atoms with Crippen LogP contribution in [0.25, 0.3) is 0 Å². The minimum Gasteiger partial charge on any atom is -0.507 e. The van der Waals surface area contributed by atoms with Crippen molar-refractivity contribution in [1.29, 1.82) is 0 Å². The number of aliphatic hydroxyl groups is 1. The van der Waals surface area contributed by atoms with Gasteiger partial charge in [-0.25, -0.2) is 4.79 Å². The zero-order chi connectivity index (χ0) is 19.8. The topological polar surface area (TPSA) is 74.6 Å². The van der Waals surface area contributed by atoms with Crippen LogP contribution in [-0.2, 0) is 15.6 Å². The summed E-state index contributed by atoms with van der Waals surface area (Å²) in [5, 5.41) is 19.4. The number of carbonyl (C=O) groups is 1. The van der Waals surface area contributed by atoms with Gasteiger partial charge in [0.25, 0.3) is 0 Å². The van der Waals surface area contributed by atoms with Gasteiger partial charge in [0.15, 0.2) is 0 Å². The van der Waals surface area contributed by atoms with E-state index >= 15 is 0 Å². The van der Waals surface area contributed by atoms with E-state index in [0.29, 0.717) is 23.0 Å². The van der Waals surface area contributed by atoms with Gasteiger partial charge >= 0.3 is 5.97 Å². The molecular weight excluding hydrogens is 360 g/mol. The summed E-state index contributed by atoms with van der Waals surface area (Å²) in [6, 6.07) is 0. The lowest BCUT2D eigenvalue weighted by molar-refractivity contribution is -0.136. The van der Waals surface area contributed by atoms with Crippen LogP contribution in [0.5, 0.6) is 0 Å². The second-order valence-corrected chi connectivity index (χ2v) is 12.1. The predicted molar refractivity (Wildman–Crippen MR) is 107 cm³/mol. The SMILES string of the molecule is CC1(C)CCC[C@]2(C)[C@H]3CS(=O)C4C=C(O)C(C(=O)O)=CC4[C@]3(C)CC[C@@H]12. The van der Waals surface area contributed by atoms with E-state index in [1.807, 2.05) is 0 Å². The van der Waals surface area contributed by atoms with Gasteiger partial charge in [0.2, 0.25) is 0 Å². The molecule has 0 aromatic rings. The zero-order valence-electron chi connectivity index (χ0n) is 16.8. The van der Waals surface area contributed by atoms with Gasteiger partial charge in [-0.05, 0) is 59.8 Å². The van der Waals surface area contributed by atoms with E-state index in [0.717, 1.165) is 12.8 Å². The average Bonchev–Trinajstić information content (AvgIpc) is 2.55. The molecule has 0 radical (unpaired) electrons. The molecule has 4 aliphatic rings. The number of allylic oxidation sites excluding steroid dienone is 1. The number of aliphatic hydroxyl groups excluding tert-OH is 1. The molecule has 7 atom stereocenters. The molecule has 1 heterocycles. The molecule has 150 valence electrons. The van der Waals surface area contributed by atoms with Gasteiger partial charge in [-0.15, -0.1) is 0 Å². The number of hydrogen-bond acceptors (Lipinski definition) is 3. The lowest BCUT2D eigenvalue weighted by Gasteiger charge is -2.66. The highest BCUT2D eigenvalue weighted by Crippen LogP contribution is 2.68. The second kappa shape index (κ2) is 5.95. The average molecular weight is 393 g/mol. The van der Waals surface area contributed by atoms with Crippen molar-refractivity contribution in [3.63, 3.8) is 0 Å². The highest BCUT2D eigenvalue weighted by Gasteiger charge is 2.63. The number of fused-ring (bicyclic) bond motifs is 5. The van der Waals surface area contributed by atoms with E-state index in [9.17, 15) is 19.2 Å². The van der Waals surface area contributed by atoms with E-state index in [-0.39, 0.29) is 33.3 Å². The molecule has 4 nitrogen and oxygen atoms in total. The van der Waals surface area contributed by atoms with E-state index in [2.05, 4.69) is 27.7 Å². The summed E-state index contributed by atoms with van der Waals surface area (Å²) in [4.78, 5) is 11.6. The quantitative estimate of drug-likeness (QED) is 0.691. The molecule has 5 heteroatoms. The van der Waals surface area contributed by atoms with Gasteiger partial charge in [-0.3, -0.25) is 4.21 Å². The Morgan fingerprint density at radius 1 is 1.07 bits per heavy atom. The molecule has 3 fully saturated rings. The van der Waals surface area contributed by atoms with Crippen molar-refractivity contribution in [2.45, 2.75) is 65.0 Å². The number of hydrogen-bond donors (Lipinski definition) is 2. The first-order valence-corrected chi connectivity index (χ1v) is 11.6. The van der Waals surface area contributed by atoms with Crippen LogP contribution < -0.4 is 0 Å². The molecule has 2 N–H and O–H groups in total. The summed E-state index contributed by atoms with van der Waals surface area (Å²) in [6.45, 7) is 9.49. The Balaban J connectivity index is 1.80. The van der Waals surface area contributed by atoms with Crippen molar-refractivity contribution in [2.24, 2.45) is 34.0 Å². The molecule has 0 aromatic heterocycles. The smallest absolute Gasteiger partial charge is 0.339 e. The third-order valence-corrected chi connectivity index (χ3v) is 10.5.